The Bertz CT molecular complexity index is 414. The van der Waals surface area contributed by atoms with Crippen molar-refractivity contribution in [2.45, 2.75) is 25.7 Å². The molecule has 3 heteroatoms. The maximum atomic E-state index is 13.5. The average Bonchev–Trinajstić information content (AvgIpc) is 2.26. The molecule has 16 heavy (non-hydrogen) atoms. The number of methoxy groups -OCH3 is 1. The summed E-state index contributed by atoms with van der Waals surface area (Å²) in [5, 5.41) is 0. The predicted octanol–water partition coefficient (Wildman–Crippen LogP) is 2.92. The van der Waals surface area contributed by atoms with Crippen LogP contribution in [0.3, 0.4) is 0 Å². The third-order valence-electron chi connectivity index (χ3n) is 3.36. The molecular formula is C13H15FO2. The van der Waals surface area contributed by atoms with Crippen molar-refractivity contribution in [2.24, 2.45) is 5.92 Å². The van der Waals surface area contributed by atoms with Crippen LogP contribution in [0.15, 0.2) is 18.2 Å². The van der Waals surface area contributed by atoms with Crippen LogP contribution in [-0.2, 0) is 4.79 Å². The van der Waals surface area contributed by atoms with Crippen LogP contribution in [0.4, 0.5) is 4.39 Å². The van der Waals surface area contributed by atoms with Crippen molar-refractivity contribution in [3.63, 3.8) is 0 Å². The van der Waals surface area contributed by atoms with Crippen molar-refractivity contribution in [3.05, 3.63) is 29.6 Å². The number of rotatable bonds is 3. The van der Waals surface area contributed by atoms with Crippen LogP contribution in [0.2, 0.25) is 0 Å². The van der Waals surface area contributed by atoms with Gasteiger partial charge in [-0.2, -0.15) is 0 Å². The molecule has 0 saturated heterocycles. The molecule has 1 aliphatic rings. The maximum Gasteiger partial charge on any atom is 0.165 e. The summed E-state index contributed by atoms with van der Waals surface area (Å²) in [7, 11) is 1.44. The van der Waals surface area contributed by atoms with Gasteiger partial charge in [0.1, 0.15) is 5.78 Å². The Morgan fingerprint density at radius 1 is 1.50 bits per heavy atom. The molecule has 0 bridgehead atoms. The van der Waals surface area contributed by atoms with Gasteiger partial charge in [-0.25, -0.2) is 4.39 Å². The molecule has 0 aliphatic heterocycles. The normalized spacial score (nSPS) is 24.1. The number of Topliss-reactive ketones (excluding diaryl/α,β-unsaturated/α-hetero) is 1. The molecule has 1 aromatic rings. The Labute approximate surface area is 94.4 Å². The highest BCUT2D eigenvalue weighted by Gasteiger charge is 2.39. The Balaban J connectivity index is 2.22. The van der Waals surface area contributed by atoms with Gasteiger partial charge in [0.2, 0.25) is 0 Å². The second kappa shape index (κ2) is 4.24. The summed E-state index contributed by atoms with van der Waals surface area (Å²) in [6, 6.07) is 4.96. The molecule has 1 saturated carbocycles. The highest BCUT2D eigenvalue weighted by molar-refractivity contribution is 5.89. The quantitative estimate of drug-likeness (QED) is 0.786. The maximum absolute atomic E-state index is 13.5. The van der Waals surface area contributed by atoms with Crippen molar-refractivity contribution in [3.8, 4) is 5.75 Å². The van der Waals surface area contributed by atoms with Gasteiger partial charge >= 0.3 is 0 Å². The summed E-state index contributed by atoms with van der Waals surface area (Å²) < 4.78 is 18.4. The van der Waals surface area contributed by atoms with E-state index in [1.165, 1.54) is 13.2 Å². The number of carbonyl (C=O) groups excluding carboxylic acids is 1. The Morgan fingerprint density at radius 2 is 2.25 bits per heavy atom. The van der Waals surface area contributed by atoms with E-state index < -0.39 is 0 Å². The summed E-state index contributed by atoms with van der Waals surface area (Å²) in [5.74, 6) is 0.464. The molecule has 1 aliphatic carbocycles. The van der Waals surface area contributed by atoms with E-state index in [9.17, 15) is 9.18 Å². The van der Waals surface area contributed by atoms with E-state index >= 15 is 0 Å². The minimum atomic E-state index is -0.353. The number of hydrogen-bond acceptors (Lipinski definition) is 2. The Kier molecular flexibility index (Phi) is 2.95. The van der Waals surface area contributed by atoms with Crippen LogP contribution in [-0.4, -0.2) is 12.9 Å². The molecular weight excluding hydrogens is 207 g/mol. The molecule has 0 radical (unpaired) electrons. The minimum Gasteiger partial charge on any atom is -0.494 e. The van der Waals surface area contributed by atoms with E-state index in [1.807, 2.05) is 13.0 Å². The molecule has 0 heterocycles. The number of ketones is 1. The van der Waals surface area contributed by atoms with E-state index in [1.54, 1.807) is 6.07 Å². The standard InChI is InChI=1S/C13H15FO2/c1-3-9-10(7-12(9)15)8-4-5-13(16-2)11(14)6-8/h4-6,9-10H,3,7H2,1-2H3. The summed E-state index contributed by atoms with van der Waals surface area (Å²) in [6.07, 6.45) is 1.38. The van der Waals surface area contributed by atoms with Gasteiger partial charge < -0.3 is 4.74 Å². The molecule has 2 nitrogen and oxygen atoms in total. The van der Waals surface area contributed by atoms with E-state index in [0.29, 0.717) is 12.2 Å². The van der Waals surface area contributed by atoms with Gasteiger partial charge in [-0.15, -0.1) is 0 Å². The first-order chi connectivity index (χ1) is 7.67. The van der Waals surface area contributed by atoms with E-state index in [-0.39, 0.29) is 23.4 Å². The summed E-state index contributed by atoms with van der Waals surface area (Å²) in [4.78, 5) is 11.3. The molecule has 86 valence electrons. The van der Waals surface area contributed by atoms with Gasteiger partial charge in [-0.3, -0.25) is 4.79 Å². The lowest BCUT2D eigenvalue weighted by molar-refractivity contribution is -0.131. The fraction of sp³-hybridized carbons (Fsp3) is 0.462. The highest BCUT2D eigenvalue weighted by atomic mass is 19.1. The number of carbonyl (C=O) groups is 1. The molecule has 2 atom stereocenters. The first-order valence-corrected chi connectivity index (χ1v) is 5.53. The van der Waals surface area contributed by atoms with Gasteiger partial charge in [-0.1, -0.05) is 13.0 Å². The number of hydrogen-bond donors (Lipinski definition) is 0. The monoisotopic (exact) mass is 222 g/mol. The summed E-state index contributed by atoms with van der Waals surface area (Å²) in [6.45, 7) is 1.99. The van der Waals surface area contributed by atoms with E-state index in [2.05, 4.69) is 0 Å². The smallest absolute Gasteiger partial charge is 0.165 e. The lowest BCUT2D eigenvalue weighted by Crippen LogP contribution is -2.34. The molecule has 2 rings (SSSR count). The van der Waals surface area contributed by atoms with Crippen LogP contribution in [0.25, 0.3) is 0 Å². The van der Waals surface area contributed by atoms with Gasteiger partial charge in [0, 0.05) is 18.3 Å². The largest absolute Gasteiger partial charge is 0.494 e. The van der Waals surface area contributed by atoms with Gasteiger partial charge in [-0.05, 0) is 24.1 Å². The second-order valence-electron chi connectivity index (χ2n) is 4.19. The zero-order valence-electron chi connectivity index (χ0n) is 9.50. The highest BCUT2D eigenvalue weighted by Crippen LogP contribution is 2.42. The average molecular weight is 222 g/mol. The van der Waals surface area contributed by atoms with E-state index in [0.717, 1.165) is 12.0 Å². The topological polar surface area (TPSA) is 26.3 Å². The van der Waals surface area contributed by atoms with Crippen molar-refractivity contribution >= 4 is 5.78 Å². The zero-order valence-corrected chi connectivity index (χ0v) is 9.50. The van der Waals surface area contributed by atoms with Gasteiger partial charge in [0.25, 0.3) is 0 Å². The fourth-order valence-electron chi connectivity index (χ4n) is 2.35. The van der Waals surface area contributed by atoms with Crippen LogP contribution in [0.5, 0.6) is 5.75 Å². The first kappa shape index (κ1) is 11.1. The first-order valence-electron chi connectivity index (χ1n) is 5.53. The molecule has 2 unspecified atom stereocenters. The predicted molar refractivity (Wildman–Crippen MR) is 59.1 cm³/mol. The van der Waals surface area contributed by atoms with Crippen molar-refractivity contribution in [1.82, 2.24) is 0 Å². The fourth-order valence-corrected chi connectivity index (χ4v) is 2.35. The summed E-state index contributed by atoms with van der Waals surface area (Å²) >= 11 is 0. The molecule has 0 N–H and O–H groups in total. The number of halogens is 1. The van der Waals surface area contributed by atoms with E-state index in [4.69, 9.17) is 4.74 Å². The molecule has 0 spiro atoms. The molecule has 1 aromatic carbocycles. The van der Waals surface area contributed by atoms with Crippen LogP contribution in [0, 0.1) is 11.7 Å². The molecule has 0 amide bonds. The van der Waals surface area contributed by atoms with Crippen molar-refractivity contribution in [1.29, 1.82) is 0 Å². The van der Waals surface area contributed by atoms with Crippen molar-refractivity contribution < 1.29 is 13.9 Å². The van der Waals surface area contributed by atoms with Crippen LogP contribution >= 0.6 is 0 Å². The zero-order chi connectivity index (χ0) is 11.7. The lowest BCUT2D eigenvalue weighted by atomic mass is 9.68. The summed E-state index contributed by atoms with van der Waals surface area (Å²) in [5.41, 5.74) is 0.907. The third-order valence-corrected chi connectivity index (χ3v) is 3.36. The second-order valence-corrected chi connectivity index (χ2v) is 4.19. The lowest BCUT2D eigenvalue weighted by Gasteiger charge is -2.34. The van der Waals surface area contributed by atoms with Crippen LogP contribution < -0.4 is 4.74 Å². The molecule has 1 fully saturated rings. The van der Waals surface area contributed by atoms with Gasteiger partial charge in [0.15, 0.2) is 11.6 Å². The number of ether oxygens (including phenoxy) is 1. The van der Waals surface area contributed by atoms with Gasteiger partial charge in [0.05, 0.1) is 7.11 Å². The van der Waals surface area contributed by atoms with Crippen molar-refractivity contribution in [2.75, 3.05) is 7.11 Å². The third kappa shape index (κ3) is 1.70. The SMILES string of the molecule is CCC1C(=O)CC1c1ccc(OC)c(F)c1. The van der Waals surface area contributed by atoms with Crippen LogP contribution in [0.1, 0.15) is 31.2 Å². The Morgan fingerprint density at radius 3 is 2.75 bits per heavy atom. The Hall–Kier alpha value is -1.38. The number of benzene rings is 1. The molecule has 0 aromatic heterocycles. The minimum absolute atomic E-state index is 0.0767.